The first-order valence-corrected chi connectivity index (χ1v) is 5.46. The molecule has 0 aliphatic carbocycles. The average Bonchev–Trinajstić information content (AvgIpc) is 2.68. The van der Waals surface area contributed by atoms with Crippen LogP contribution in [0.15, 0.2) is 42.7 Å². The Morgan fingerprint density at radius 1 is 1.27 bits per heavy atom. The highest BCUT2D eigenvalue weighted by Crippen LogP contribution is 2.11. The fourth-order valence-electron chi connectivity index (χ4n) is 1.63. The first kappa shape index (κ1) is 9.97. The Labute approximate surface area is 90.3 Å². The third-order valence-corrected chi connectivity index (χ3v) is 2.45. The van der Waals surface area contributed by atoms with Gasteiger partial charge in [0.2, 0.25) is 0 Å². The molecule has 0 saturated heterocycles. The van der Waals surface area contributed by atoms with Crippen molar-refractivity contribution in [3.63, 3.8) is 0 Å². The molecule has 2 heteroatoms. The number of allylic oxidation sites excluding steroid dienone is 2. The molecule has 0 unspecified atom stereocenters. The van der Waals surface area contributed by atoms with E-state index in [-0.39, 0.29) is 0 Å². The molecule has 15 heavy (non-hydrogen) atoms. The fraction of sp³-hybridized carbons (Fsp3) is 0.308. The Morgan fingerprint density at radius 3 is 3.00 bits per heavy atom. The van der Waals surface area contributed by atoms with Gasteiger partial charge in [0.15, 0.2) is 0 Å². The minimum atomic E-state index is 0.917. The van der Waals surface area contributed by atoms with Gasteiger partial charge in [-0.05, 0) is 18.6 Å². The minimum Gasteiger partial charge on any atom is -0.327 e. The maximum absolute atomic E-state index is 4.35. The van der Waals surface area contributed by atoms with Crippen molar-refractivity contribution in [1.82, 2.24) is 9.55 Å². The number of unbranched alkanes of at least 4 members (excludes halogenated alkanes) is 1. The van der Waals surface area contributed by atoms with Crippen LogP contribution in [0.4, 0.5) is 0 Å². The number of hydrogen-bond donors (Lipinski definition) is 0. The molecular formula is C13H16N2. The number of nitrogens with zero attached hydrogens (tertiary/aromatic N) is 2. The van der Waals surface area contributed by atoms with Crippen molar-refractivity contribution in [2.75, 3.05) is 0 Å². The molecule has 2 aromatic rings. The second-order valence-corrected chi connectivity index (χ2v) is 3.65. The van der Waals surface area contributed by atoms with Crippen LogP contribution in [-0.2, 0) is 6.54 Å². The molecule has 0 spiro atoms. The van der Waals surface area contributed by atoms with Gasteiger partial charge in [0, 0.05) is 6.54 Å². The molecule has 0 atom stereocenters. The summed E-state index contributed by atoms with van der Waals surface area (Å²) in [6, 6.07) is 8.22. The molecular weight excluding hydrogens is 184 g/mol. The summed E-state index contributed by atoms with van der Waals surface area (Å²) in [6.45, 7) is 3.11. The van der Waals surface area contributed by atoms with Crippen molar-refractivity contribution in [3.8, 4) is 0 Å². The van der Waals surface area contributed by atoms with Crippen molar-refractivity contribution in [3.05, 3.63) is 42.7 Å². The number of aromatic nitrogens is 2. The second kappa shape index (κ2) is 4.78. The minimum absolute atomic E-state index is 0.917. The largest absolute Gasteiger partial charge is 0.327 e. The molecule has 1 aromatic carbocycles. The predicted octanol–water partition coefficient (Wildman–Crippen LogP) is 3.39. The lowest BCUT2D eigenvalue weighted by atomic mass is 10.3. The topological polar surface area (TPSA) is 17.8 Å². The maximum atomic E-state index is 4.35. The molecule has 0 fully saturated rings. The van der Waals surface area contributed by atoms with Gasteiger partial charge in [0.1, 0.15) is 0 Å². The van der Waals surface area contributed by atoms with E-state index in [1.165, 1.54) is 11.9 Å². The van der Waals surface area contributed by atoms with Crippen LogP contribution >= 0.6 is 0 Å². The van der Waals surface area contributed by atoms with E-state index < -0.39 is 0 Å². The average molecular weight is 200 g/mol. The van der Waals surface area contributed by atoms with Crippen LogP contribution < -0.4 is 0 Å². The molecule has 2 rings (SSSR count). The molecule has 0 bridgehead atoms. The monoisotopic (exact) mass is 200 g/mol. The molecule has 0 amide bonds. The summed E-state index contributed by atoms with van der Waals surface area (Å²) in [6.07, 6.45) is 8.71. The number of rotatable bonds is 4. The van der Waals surface area contributed by atoms with Crippen LogP contribution in [0.5, 0.6) is 0 Å². The van der Waals surface area contributed by atoms with Gasteiger partial charge in [-0.1, -0.05) is 37.6 Å². The maximum Gasteiger partial charge on any atom is 0.0961 e. The van der Waals surface area contributed by atoms with E-state index in [0.717, 1.165) is 18.5 Å². The van der Waals surface area contributed by atoms with E-state index in [4.69, 9.17) is 0 Å². The van der Waals surface area contributed by atoms with Gasteiger partial charge in [0.05, 0.1) is 17.4 Å². The molecule has 1 aromatic heterocycles. The summed E-state index contributed by atoms with van der Waals surface area (Å²) in [5, 5.41) is 0. The van der Waals surface area contributed by atoms with E-state index >= 15 is 0 Å². The van der Waals surface area contributed by atoms with Crippen LogP contribution in [0.25, 0.3) is 11.0 Å². The van der Waals surface area contributed by atoms with Crippen LogP contribution in [0.1, 0.15) is 19.8 Å². The van der Waals surface area contributed by atoms with Crippen LogP contribution in [0.2, 0.25) is 0 Å². The Kier molecular flexibility index (Phi) is 3.18. The number of benzene rings is 1. The van der Waals surface area contributed by atoms with E-state index in [0.29, 0.717) is 0 Å². The third kappa shape index (κ3) is 2.27. The standard InChI is InChI=1S/C13H16N2/c1-2-3-4-7-10-15-11-14-12-8-5-6-9-13(12)15/h4-9,11H,2-3,10H2,1H3/b7-4+. The van der Waals surface area contributed by atoms with Crippen molar-refractivity contribution in [2.24, 2.45) is 0 Å². The van der Waals surface area contributed by atoms with Crippen LogP contribution in [0, 0.1) is 0 Å². The summed E-state index contributed by atoms with van der Waals surface area (Å²) in [5.41, 5.74) is 2.28. The van der Waals surface area contributed by atoms with Crippen molar-refractivity contribution >= 4 is 11.0 Å². The fourth-order valence-corrected chi connectivity index (χ4v) is 1.63. The lowest BCUT2D eigenvalue weighted by molar-refractivity contribution is 0.840. The summed E-state index contributed by atoms with van der Waals surface area (Å²) in [4.78, 5) is 4.35. The lowest BCUT2D eigenvalue weighted by Crippen LogP contribution is -1.91. The molecule has 1 heterocycles. The zero-order chi connectivity index (χ0) is 10.5. The second-order valence-electron chi connectivity index (χ2n) is 3.65. The van der Waals surface area contributed by atoms with Gasteiger partial charge in [-0.15, -0.1) is 0 Å². The highest BCUT2D eigenvalue weighted by molar-refractivity contribution is 5.74. The zero-order valence-corrected chi connectivity index (χ0v) is 9.06. The number of fused-ring (bicyclic) bond motifs is 1. The number of para-hydroxylation sites is 2. The first-order chi connectivity index (χ1) is 7.42. The van der Waals surface area contributed by atoms with Crippen molar-refractivity contribution in [1.29, 1.82) is 0 Å². The normalized spacial score (nSPS) is 11.5. The van der Waals surface area contributed by atoms with Crippen molar-refractivity contribution in [2.45, 2.75) is 26.3 Å². The Morgan fingerprint density at radius 2 is 2.13 bits per heavy atom. The van der Waals surface area contributed by atoms with E-state index in [1.807, 2.05) is 18.5 Å². The quantitative estimate of drug-likeness (QED) is 0.692. The highest BCUT2D eigenvalue weighted by atomic mass is 15.0. The molecule has 0 N–H and O–H groups in total. The SMILES string of the molecule is CCC/C=C/Cn1cnc2ccccc21. The lowest BCUT2D eigenvalue weighted by Gasteiger charge is -1.98. The summed E-state index contributed by atoms with van der Waals surface area (Å²) >= 11 is 0. The number of imidazole rings is 1. The Bertz CT molecular complexity index is 454. The van der Waals surface area contributed by atoms with E-state index in [2.05, 4.69) is 40.8 Å². The zero-order valence-electron chi connectivity index (χ0n) is 9.06. The van der Waals surface area contributed by atoms with Gasteiger partial charge in [-0.25, -0.2) is 4.98 Å². The van der Waals surface area contributed by atoms with Gasteiger partial charge in [-0.3, -0.25) is 0 Å². The molecule has 78 valence electrons. The smallest absolute Gasteiger partial charge is 0.0961 e. The number of hydrogen-bond acceptors (Lipinski definition) is 1. The van der Waals surface area contributed by atoms with Crippen molar-refractivity contribution < 1.29 is 0 Å². The summed E-state index contributed by atoms with van der Waals surface area (Å²) in [7, 11) is 0. The molecule has 0 aliphatic rings. The van der Waals surface area contributed by atoms with Gasteiger partial charge < -0.3 is 4.57 Å². The van der Waals surface area contributed by atoms with Crippen LogP contribution in [0.3, 0.4) is 0 Å². The first-order valence-electron chi connectivity index (χ1n) is 5.46. The van der Waals surface area contributed by atoms with Gasteiger partial charge in [0.25, 0.3) is 0 Å². The summed E-state index contributed by atoms with van der Waals surface area (Å²) in [5.74, 6) is 0. The highest BCUT2D eigenvalue weighted by Gasteiger charge is 1.97. The van der Waals surface area contributed by atoms with E-state index in [9.17, 15) is 0 Å². The Balaban J connectivity index is 2.14. The van der Waals surface area contributed by atoms with Gasteiger partial charge >= 0.3 is 0 Å². The molecule has 0 radical (unpaired) electrons. The van der Waals surface area contributed by atoms with Crippen LogP contribution in [-0.4, -0.2) is 9.55 Å². The van der Waals surface area contributed by atoms with Gasteiger partial charge in [-0.2, -0.15) is 0 Å². The summed E-state index contributed by atoms with van der Waals surface area (Å²) < 4.78 is 2.17. The Hall–Kier alpha value is -1.57. The molecule has 0 aliphatic heterocycles. The predicted molar refractivity (Wildman–Crippen MR) is 63.8 cm³/mol. The molecule has 0 saturated carbocycles. The third-order valence-electron chi connectivity index (χ3n) is 2.45. The van der Waals surface area contributed by atoms with E-state index in [1.54, 1.807) is 0 Å². The molecule has 2 nitrogen and oxygen atoms in total.